The molecular weight excluding hydrogens is 224 g/mol. The van der Waals surface area contributed by atoms with Gasteiger partial charge >= 0.3 is 0 Å². The Bertz CT molecular complexity index is 257. The topological polar surface area (TPSA) is 38.5 Å². The minimum Gasteiger partial charge on any atom is -0.373 e. The number of rotatable bonds is 2. The van der Waals surface area contributed by atoms with E-state index in [1.165, 1.54) is 44.9 Å². The molecule has 2 N–H and O–H groups in total. The highest BCUT2D eigenvalue weighted by Crippen LogP contribution is 2.34. The maximum Gasteiger partial charge on any atom is 0.0753 e. The highest BCUT2D eigenvalue weighted by atomic mass is 16.5. The number of ether oxygens (including phenoxy) is 1. The molecular formula is C15H30N2O. The number of hydrogen-bond donors (Lipinski definition) is 1. The maximum atomic E-state index is 6.20. The molecule has 2 fully saturated rings. The van der Waals surface area contributed by atoms with Crippen LogP contribution in [0.15, 0.2) is 0 Å². The smallest absolute Gasteiger partial charge is 0.0753 e. The molecule has 2 rings (SSSR count). The average Bonchev–Trinajstić information content (AvgIpc) is 2.28. The fourth-order valence-electron chi connectivity index (χ4n) is 3.63. The minimum absolute atomic E-state index is 0.0111. The summed E-state index contributed by atoms with van der Waals surface area (Å²) in [4.78, 5) is 2.64. The Hall–Kier alpha value is -0.120. The molecule has 0 amide bonds. The molecule has 1 aliphatic heterocycles. The van der Waals surface area contributed by atoms with Gasteiger partial charge in [-0.05, 0) is 26.7 Å². The second kappa shape index (κ2) is 5.89. The first-order chi connectivity index (χ1) is 8.58. The van der Waals surface area contributed by atoms with Gasteiger partial charge in [-0.25, -0.2) is 0 Å². The predicted molar refractivity (Wildman–Crippen MR) is 75.7 cm³/mol. The highest BCUT2D eigenvalue weighted by molar-refractivity contribution is 4.96. The predicted octanol–water partition coefficient (Wildman–Crippen LogP) is 2.54. The lowest BCUT2D eigenvalue weighted by Crippen LogP contribution is -2.61. The van der Waals surface area contributed by atoms with E-state index in [9.17, 15) is 0 Å². The van der Waals surface area contributed by atoms with E-state index in [1.54, 1.807) is 0 Å². The van der Waals surface area contributed by atoms with Crippen molar-refractivity contribution in [2.24, 2.45) is 5.73 Å². The number of nitrogens with zero attached hydrogens (tertiary/aromatic N) is 1. The third-order valence-corrected chi connectivity index (χ3v) is 4.76. The molecule has 1 heterocycles. The Balaban J connectivity index is 2.08. The summed E-state index contributed by atoms with van der Waals surface area (Å²) < 4.78 is 5.85. The van der Waals surface area contributed by atoms with Crippen molar-refractivity contribution in [2.75, 3.05) is 26.2 Å². The first-order valence-electron chi connectivity index (χ1n) is 7.67. The van der Waals surface area contributed by atoms with Crippen molar-refractivity contribution >= 4 is 0 Å². The molecule has 1 aliphatic carbocycles. The quantitative estimate of drug-likeness (QED) is 0.823. The molecule has 0 aromatic rings. The van der Waals surface area contributed by atoms with Crippen LogP contribution in [0.4, 0.5) is 0 Å². The van der Waals surface area contributed by atoms with Gasteiger partial charge in [-0.2, -0.15) is 0 Å². The Kier molecular flexibility index (Phi) is 4.68. The van der Waals surface area contributed by atoms with E-state index in [0.717, 1.165) is 26.2 Å². The van der Waals surface area contributed by atoms with Crippen LogP contribution in [0, 0.1) is 0 Å². The molecule has 0 aromatic heterocycles. The number of nitrogens with two attached hydrogens (primary N) is 1. The monoisotopic (exact) mass is 254 g/mol. The lowest BCUT2D eigenvalue weighted by Gasteiger charge is -2.50. The molecule has 0 aromatic carbocycles. The average molecular weight is 254 g/mol. The molecule has 0 radical (unpaired) electrons. The molecule has 0 unspecified atom stereocenters. The Labute approximate surface area is 112 Å². The van der Waals surface area contributed by atoms with Crippen LogP contribution in [0.25, 0.3) is 0 Å². The fraction of sp³-hybridized carbons (Fsp3) is 1.00. The van der Waals surface area contributed by atoms with Crippen LogP contribution < -0.4 is 5.73 Å². The summed E-state index contributed by atoms with van der Waals surface area (Å²) in [6, 6.07) is 0. The van der Waals surface area contributed by atoms with Crippen LogP contribution in [0.1, 0.15) is 58.8 Å². The molecule has 0 spiro atoms. The molecule has 1 saturated carbocycles. The van der Waals surface area contributed by atoms with Crippen molar-refractivity contribution in [1.82, 2.24) is 4.90 Å². The van der Waals surface area contributed by atoms with Gasteiger partial charge in [0.2, 0.25) is 0 Å². The highest BCUT2D eigenvalue weighted by Gasteiger charge is 2.40. The lowest BCUT2D eigenvalue weighted by atomic mass is 9.81. The summed E-state index contributed by atoms with van der Waals surface area (Å²) in [6.45, 7) is 8.15. The summed E-state index contributed by atoms with van der Waals surface area (Å²) in [7, 11) is 0. The second-order valence-corrected chi connectivity index (χ2v) is 6.73. The minimum atomic E-state index is -0.0111. The zero-order chi connectivity index (χ0) is 13.1. The van der Waals surface area contributed by atoms with Crippen molar-refractivity contribution in [3.8, 4) is 0 Å². The van der Waals surface area contributed by atoms with E-state index in [1.807, 2.05) is 0 Å². The van der Waals surface area contributed by atoms with Crippen LogP contribution in [0.2, 0.25) is 0 Å². The van der Waals surface area contributed by atoms with E-state index in [0.29, 0.717) is 0 Å². The molecule has 106 valence electrons. The van der Waals surface area contributed by atoms with Crippen LogP contribution in [0.5, 0.6) is 0 Å². The SMILES string of the molecule is CC1(C)CN(C2(CN)CCCCCCC2)CCO1. The van der Waals surface area contributed by atoms with E-state index < -0.39 is 0 Å². The van der Waals surface area contributed by atoms with Gasteiger partial charge in [-0.15, -0.1) is 0 Å². The van der Waals surface area contributed by atoms with Crippen LogP contribution in [0.3, 0.4) is 0 Å². The van der Waals surface area contributed by atoms with E-state index in [-0.39, 0.29) is 11.1 Å². The lowest BCUT2D eigenvalue weighted by molar-refractivity contribution is -0.119. The zero-order valence-corrected chi connectivity index (χ0v) is 12.2. The molecule has 3 heteroatoms. The third kappa shape index (κ3) is 3.25. The maximum absolute atomic E-state index is 6.20. The normalized spacial score (nSPS) is 29.5. The van der Waals surface area contributed by atoms with Crippen LogP contribution in [-0.2, 0) is 4.74 Å². The summed E-state index contributed by atoms with van der Waals surface area (Å²) in [5.41, 5.74) is 6.44. The van der Waals surface area contributed by atoms with Gasteiger partial charge in [0.15, 0.2) is 0 Å². The van der Waals surface area contributed by atoms with E-state index in [2.05, 4.69) is 18.7 Å². The zero-order valence-electron chi connectivity index (χ0n) is 12.2. The largest absolute Gasteiger partial charge is 0.373 e. The summed E-state index contributed by atoms with van der Waals surface area (Å²) in [5.74, 6) is 0. The molecule has 3 nitrogen and oxygen atoms in total. The van der Waals surface area contributed by atoms with Gasteiger partial charge in [-0.3, -0.25) is 4.90 Å². The first-order valence-corrected chi connectivity index (χ1v) is 7.67. The van der Waals surface area contributed by atoms with Crippen molar-refractivity contribution in [2.45, 2.75) is 69.9 Å². The second-order valence-electron chi connectivity index (χ2n) is 6.73. The van der Waals surface area contributed by atoms with Crippen molar-refractivity contribution in [3.05, 3.63) is 0 Å². The van der Waals surface area contributed by atoms with Crippen molar-refractivity contribution in [1.29, 1.82) is 0 Å². The van der Waals surface area contributed by atoms with Gasteiger partial charge in [-0.1, -0.05) is 32.1 Å². The molecule has 2 aliphatic rings. The first kappa shape index (κ1) is 14.3. The van der Waals surface area contributed by atoms with E-state index >= 15 is 0 Å². The summed E-state index contributed by atoms with van der Waals surface area (Å²) >= 11 is 0. The van der Waals surface area contributed by atoms with Crippen molar-refractivity contribution < 1.29 is 4.74 Å². The third-order valence-electron chi connectivity index (χ3n) is 4.76. The fourth-order valence-corrected chi connectivity index (χ4v) is 3.63. The van der Waals surface area contributed by atoms with Crippen molar-refractivity contribution in [3.63, 3.8) is 0 Å². The number of hydrogen-bond acceptors (Lipinski definition) is 3. The van der Waals surface area contributed by atoms with Gasteiger partial charge in [0, 0.05) is 25.2 Å². The van der Waals surface area contributed by atoms with E-state index in [4.69, 9.17) is 10.5 Å². The molecule has 0 atom stereocenters. The molecule has 1 saturated heterocycles. The van der Waals surface area contributed by atoms with Gasteiger partial charge in [0.05, 0.1) is 12.2 Å². The Morgan fingerprint density at radius 3 is 2.22 bits per heavy atom. The Morgan fingerprint density at radius 2 is 1.67 bits per heavy atom. The Morgan fingerprint density at radius 1 is 1.06 bits per heavy atom. The molecule has 0 bridgehead atoms. The number of morpholine rings is 1. The van der Waals surface area contributed by atoms with Gasteiger partial charge in [0.1, 0.15) is 0 Å². The summed E-state index contributed by atoms with van der Waals surface area (Å²) in [6.07, 6.45) is 9.42. The standard InChI is InChI=1S/C15H30N2O/c1-14(2)13-17(10-11-18-14)15(12-16)8-6-4-3-5-7-9-15/h3-13,16H2,1-2H3. The summed E-state index contributed by atoms with van der Waals surface area (Å²) in [5, 5.41) is 0. The van der Waals surface area contributed by atoms with Crippen LogP contribution in [-0.4, -0.2) is 42.3 Å². The van der Waals surface area contributed by atoms with Gasteiger partial charge in [0.25, 0.3) is 0 Å². The van der Waals surface area contributed by atoms with Gasteiger partial charge < -0.3 is 10.5 Å². The van der Waals surface area contributed by atoms with Crippen LogP contribution >= 0.6 is 0 Å². The molecule has 18 heavy (non-hydrogen) atoms.